The van der Waals surface area contributed by atoms with E-state index >= 15 is 0 Å². The van der Waals surface area contributed by atoms with E-state index in [0.29, 0.717) is 0 Å². The van der Waals surface area contributed by atoms with Crippen LogP contribution in [0.3, 0.4) is 0 Å². The normalized spacial score (nSPS) is 13.8. The second-order valence-electron chi connectivity index (χ2n) is 13.1. The van der Waals surface area contributed by atoms with E-state index in [2.05, 4.69) is 187 Å². The van der Waals surface area contributed by atoms with Crippen LogP contribution in [-0.2, 0) is 6.42 Å². The van der Waals surface area contributed by atoms with Crippen molar-refractivity contribution >= 4 is 56.9 Å². The minimum absolute atomic E-state index is 0.929. The third kappa shape index (κ3) is 4.22. The molecule has 230 valence electrons. The van der Waals surface area contributed by atoms with Gasteiger partial charge < -0.3 is 0 Å². The van der Waals surface area contributed by atoms with Gasteiger partial charge in [-0.05, 0) is 96.9 Å². The van der Waals surface area contributed by atoms with E-state index < -0.39 is 8.07 Å². The highest BCUT2D eigenvalue weighted by atomic mass is 28.3. The quantitative estimate of drug-likeness (QED) is 0.179. The molecule has 3 heteroatoms. The third-order valence-electron chi connectivity index (χ3n) is 10.5. The number of fused-ring (bicyclic) bond motifs is 6. The van der Waals surface area contributed by atoms with Gasteiger partial charge in [-0.15, -0.1) is 0 Å². The van der Waals surface area contributed by atoms with Gasteiger partial charge in [0.1, 0.15) is 5.82 Å². The molecule has 2 aliphatic rings. The minimum Gasteiger partial charge on any atom is -0.295 e. The molecule has 2 heterocycles. The lowest BCUT2D eigenvalue weighted by Crippen LogP contribution is -2.77. The Bertz CT molecular complexity index is 2500. The van der Waals surface area contributed by atoms with Crippen molar-refractivity contribution in [2.75, 3.05) is 4.90 Å². The number of para-hydroxylation sites is 2. The van der Waals surface area contributed by atoms with Gasteiger partial charge in [-0.25, -0.2) is 4.98 Å². The van der Waals surface area contributed by atoms with E-state index in [-0.39, 0.29) is 0 Å². The average molecular weight is 641 g/mol. The molecule has 10 rings (SSSR count). The SMILES string of the molecule is c1ccc([Si]2(c3ccccc3)c3ccccc3N(c3ccc4ccccc4n3)c3ccc(-c4ccc5c(c4)-c4ccccc4C5)cc32)cc1. The lowest BCUT2D eigenvalue weighted by atomic mass is 9.98. The Kier molecular flexibility index (Phi) is 6.30. The molecule has 1 aliphatic carbocycles. The summed E-state index contributed by atoms with van der Waals surface area (Å²) >= 11 is 0. The predicted molar refractivity (Wildman–Crippen MR) is 207 cm³/mol. The lowest BCUT2D eigenvalue weighted by molar-refractivity contribution is 1.21. The summed E-state index contributed by atoms with van der Waals surface area (Å²) in [6, 6.07) is 67.4. The van der Waals surface area contributed by atoms with Gasteiger partial charge in [0.15, 0.2) is 8.07 Å². The molecule has 49 heavy (non-hydrogen) atoms. The van der Waals surface area contributed by atoms with Crippen LogP contribution in [0.5, 0.6) is 0 Å². The number of hydrogen-bond acceptors (Lipinski definition) is 2. The van der Waals surface area contributed by atoms with Crippen LogP contribution in [-0.4, -0.2) is 13.1 Å². The van der Waals surface area contributed by atoms with Crippen LogP contribution in [0.25, 0.3) is 33.2 Å². The van der Waals surface area contributed by atoms with Gasteiger partial charge >= 0.3 is 0 Å². The molecule has 0 N–H and O–H groups in total. The Labute approximate surface area is 287 Å². The number of aromatic nitrogens is 1. The number of anilines is 3. The average Bonchev–Trinajstić information content (AvgIpc) is 3.55. The molecule has 2 nitrogen and oxygen atoms in total. The number of rotatable bonds is 4. The summed E-state index contributed by atoms with van der Waals surface area (Å²) in [4.78, 5) is 7.67. The molecule has 7 aromatic carbocycles. The second kappa shape index (κ2) is 11.0. The Morgan fingerprint density at radius 1 is 0.449 bits per heavy atom. The van der Waals surface area contributed by atoms with Gasteiger partial charge in [-0.3, -0.25) is 4.90 Å². The number of nitrogens with zero attached hydrogens (tertiary/aromatic N) is 2. The maximum atomic E-state index is 5.27. The lowest BCUT2D eigenvalue weighted by Gasteiger charge is -2.44. The van der Waals surface area contributed by atoms with E-state index in [0.717, 1.165) is 23.1 Å². The maximum Gasteiger partial charge on any atom is 0.184 e. The molecule has 1 aliphatic heterocycles. The van der Waals surface area contributed by atoms with Gasteiger partial charge in [0, 0.05) is 16.8 Å². The van der Waals surface area contributed by atoms with Crippen LogP contribution in [0.1, 0.15) is 11.1 Å². The van der Waals surface area contributed by atoms with Gasteiger partial charge in [-0.1, -0.05) is 146 Å². The van der Waals surface area contributed by atoms with Crippen molar-refractivity contribution < 1.29 is 0 Å². The van der Waals surface area contributed by atoms with Crippen LogP contribution in [0, 0.1) is 0 Å². The number of hydrogen-bond donors (Lipinski definition) is 0. The fourth-order valence-electron chi connectivity index (χ4n) is 8.37. The zero-order chi connectivity index (χ0) is 32.4. The van der Waals surface area contributed by atoms with E-state index in [1.807, 2.05) is 0 Å². The Balaban J connectivity index is 1.28. The number of pyridine rings is 1. The maximum absolute atomic E-state index is 5.27. The summed E-state index contributed by atoms with van der Waals surface area (Å²) in [5, 5.41) is 6.64. The molecule has 0 bridgehead atoms. The van der Waals surface area contributed by atoms with Crippen molar-refractivity contribution in [3.8, 4) is 22.3 Å². The Hall–Kier alpha value is -6.03. The smallest absolute Gasteiger partial charge is 0.184 e. The topological polar surface area (TPSA) is 16.1 Å². The molecule has 1 aromatic heterocycles. The van der Waals surface area contributed by atoms with Gasteiger partial charge in [0.25, 0.3) is 0 Å². The van der Waals surface area contributed by atoms with Crippen molar-refractivity contribution in [2.45, 2.75) is 6.42 Å². The highest BCUT2D eigenvalue weighted by Gasteiger charge is 2.49. The minimum atomic E-state index is -2.82. The molecule has 0 unspecified atom stereocenters. The second-order valence-corrected chi connectivity index (χ2v) is 16.9. The van der Waals surface area contributed by atoms with Crippen molar-refractivity contribution in [1.29, 1.82) is 0 Å². The first kappa shape index (κ1) is 28.0. The summed E-state index contributed by atoms with van der Waals surface area (Å²) in [7, 11) is -2.82. The van der Waals surface area contributed by atoms with E-state index in [1.54, 1.807) is 0 Å². The predicted octanol–water partition coefficient (Wildman–Crippen LogP) is 8.63. The molecule has 8 aromatic rings. The fraction of sp³-hybridized carbons (Fsp3) is 0.0217. The summed E-state index contributed by atoms with van der Waals surface area (Å²) in [5.74, 6) is 0.929. The molecule has 0 amide bonds. The molecular formula is C46H32N2Si. The third-order valence-corrected chi connectivity index (χ3v) is 15.4. The van der Waals surface area contributed by atoms with Gasteiger partial charge in [0.05, 0.1) is 5.52 Å². The van der Waals surface area contributed by atoms with Crippen molar-refractivity contribution in [3.05, 3.63) is 193 Å². The monoisotopic (exact) mass is 640 g/mol. The van der Waals surface area contributed by atoms with Crippen LogP contribution in [0.4, 0.5) is 17.2 Å². The van der Waals surface area contributed by atoms with Crippen molar-refractivity contribution in [3.63, 3.8) is 0 Å². The molecule has 0 saturated carbocycles. The number of benzene rings is 7. The first-order valence-electron chi connectivity index (χ1n) is 17.0. The van der Waals surface area contributed by atoms with Crippen LogP contribution < -0.4 is 25.6 Å². The van der Waals surface area contributed by atoms with E-state index in [9.17, 15) is 0 Å². The summed E-state index contributed by atoms with van der Waals surface area (Å²) in [5.41, 5.74) is 11.4. The molecule has 0 spiro atoms. The zero-order valence-electron chi connectivity index (χ0n) is 26.9. The standard InChI is InChI=1S/C46H32N2Si/c1-3-15-37(16-4-1)49(38-17-5-2-6-18-38)44-22-12-11-21-42(44)48(46-28-26-32-13-8-10-20-41(32)47-46)43-27-25-34(31-45(43)49)33-23-24-36-29-35-14-7-9-19-39(35)40(36)30-33/h1-28,30-31H,29H2. The van der Waals surface area contributed by atoms with Gasteiger partial charge in [-0.2, -0.15) is 0 Å². The molecule has 0 fully saturated rings. The first-order chi connectivity index (χ1) is 24.3. The molecule has 0 saturated heterocycles. The summed E-state index contributed by atoms with van der Waals surface area (Å²) in [6.45, 7) is 0. The van der Waals surface area contributed by atoms with Gasteiger partial charge in [0.2, 0.25) is 0 Å². The van der Waals surface area contributed by atoms with Crippen LogP contribution >= 0.6 is 0 Å². The van der Waals surface area contributed by atoms with E-state index in [4.69, 9.17) is 4.98 Å². The molecule has 0 atom stereocenters. The van der Waals surface area contributed by atoms with Crippen LogP contribution in [0.15, 0.2) is 182 Å². The highest BCUT2D eigenvalue weighted by Crippen LogP contribution is 2.41. The Morgan fingerprint density at radius 3 is 1.92 bits per heavy atom. The summed E-state index contributed by atoms with van der Waals surface area (Å²) < 4.78 is 0. The summed E-state index contributed by atoms with van der Waals surface area (Å²) in [6.07, 6.45) is 0.999. The van der Waals surface area contributed by atoms with Crippen molar-refractivity contribution in [2.24, 2.45) is 0 Å². The highest BCUT2D eigenvalue weighted by molar-refractivity contribution is 7.21. The van der Waals surface area contributed by atoms with Crippen molar-refractivity contribution in [1.82, 2.24) is 4.98 Å². The molecule has 0 radical (unpaired) electrons. The van der Waals surface area contributed by atoms with E-state index in [1.165, 1.54) is 65.5 Å². The fourth-order valence-corrected chi connectivity index (χ4v) is 13.5. The largest absolute Gasteiger partial charge is 0.295 e. The Morgan fingerprint density at radius 2 is 1.08 bits per heavy atom. The zero-order valence-corrected chi connectivity index (χ0v) is 27.9. The molecular weight excluding hydrogens is 609 g/mol. The van der Waals surface area contributed by atoms with Crippen LogP contribution in [0.2, 0.25) is 0 Å². The first-order valence-corrected chi connectivity index (χ1v) is 19.0.